The van der Waals surface area contributed by atoms with E-state index in [0.717, 1.165) is 6.42 Å². The molecule has 0 spiro atoms. The molecule has 3 N–H and O–H groups in total. The summed E-state index contributed by atoms with van der Waals surface area (Å²) < 4.78 is 16.5. The van der Waals surface area contributed by atoms with Gasteiger partial charge in [-0.1, -0.05) is 19.1 Å². The average molecular weight is 290 g/mol. The van der Waals surface area contributed by atoms with Crippen molar-refractivity contribution >= 4 is 5.91 Å². The molecule has 6 heteroatoms. The number of hydrogen-bond donors (Lipinski definition) is 2. The number of amides is 1. The summed E-state index contributed by atoms with van der Waals surface area (Å²) in [5.74, 6) is 6.49. The van der Waals surface area contributed by atoms with Crippen LogP contribution in [0.15, 0.2) is 41.0 Å². The van der Waals surface area contributed by atoms with Gasteiger partial charge in [0, 0.05) is 0 Å². The van der Waals surface area contributed by atoms with Crippen LogP contribution in [-0.4, -0.2) is 12.5 Å². The molecule has 1 aromatic heterocycles. The molecule has 0 aliphatic carbocycles. The Balaban J connectivity index is 1.99. The second-order valence-electron chi connectivity index (χ2n) is 4.36. The molecule has 0 radical (unpaired) electrons. The second-order valence-corrected chi connectivity index (χ2v) is 4.36. The molecule has 2 rings (SSSR count). The molecule has 1 heterocycles. The Bertz CT molecular complexity index is 595. The van der Waals surface area contributed by atoms with E-state index in [-0.39, 0.29) is 6.61 Å². The Morgan fingerprint density at radius 3 is 2.67 bits per heavy atom. The lowest BCUT2D eigenvalue weighted by atomic mass is 10.3. The topological polar surface area (TPSA) is 86.7 Å². The fourth-order valence-electron chi connectivity index (χ4n) is 1.71. The van der Waals surface area contributed by atoms with Gasteiger partial charge in [-0.15, -0.1) is 0 Å². The van der Waals surface area contributed by atoms with E-state index < -0.39 is 5.91 Å². The van der Waals surface area contributed by atoms with Crippen molar-refractivity contribution in [1.82, 2.24) is 5.43 Å². The van der Waals surface area contributed by atoms with E-state index in [4.69, 9.17) is 19.7 Å². The average Bonchev–Trinajstić information content (AvgIpc) is 3.00. The van der Waals surface area contributed by atoms with E-state index in [2.05, 4.69) is 0 Å². The fourth-order valence-corrected chi connectivity index (χ4v) is 1.71. The van der Waals surface area contributed by atoms with Crippen molar-refractivity contribution in [2.45, 2.75) is 20.0 Å². The summed E-state index contributed by atoms with van der Waals surface area (Å²) in [6.07, 6.45) is 2.25. The number of para-hydroxylation sites is 2. The number of carbonyl (C=O) groups is 1. The van der Waals surface area contributed by atoms with Gasteiger partial charge in [-0.3, -0.25) is 10.2 Å². The third kappa shape index (κ3) is 4.00. The van der Waals surface area contributed by atoms with Crippen LogP contribution in [0.25, 0.3) is 0 Å². The van der Waals surface area contributed by atoms with Crippen molar-refractivity contribution in [1.29, 1.82) is 0 Å². The van der Waals surface area contributed by atoms with E-state index in [0.29, 0.717) is 29.4 Å². The highest BCUT2D eigenvalue weighted by Crippen LogP contribution is 2.27. The number of hydrazine groups is 1. The highest BCUT2D eigenvalue weighted by Gasteiger charge is 2.10. The summed E-state index contributed by atoms with van der Waals surface area (Å²) in [6, 6.07) is 9.00. The molecule has 1 amide bonds. The number of benzene rings is 1. The van der Waals surface area contributed by atoms with Crippen LogP contribution in [0.5, 0.6) is 11.5 Å². The first kappa shape index (κ1) is 14.9. The number of nitrogens with two attached hydrogens (primary N) is 1. The summed E-state index contributed by atoms with van der Waals surface area (Å²) in [5, 5.41) is 0. The van der Waals surface area contributed by atoms with Gasteiger partial charge < -0.3 is 13.9 Å². The van der Waals surface area contributed by atoms with Crippen molar-refractivity contribution < 1.29 is 18.7 Å². The first-order chi connectivity index (χ1) is 10.2. The summed E-state index contributed by atoms with van der Waals surface area (Å²) >= 11 is 0. The Labute approximate surface area is 122 Å². The quantitative estimate of drug-likeness (QED) is 0.464. The largest absolute Gasteiger partial charge is 0.490 e. The molecule has 6 nitrogen and oxygen atoms in total. The normalized spacial score (nSPS) is 10.2. The van der Waals surface area contributed by atoms with E-state index in [1.165, 1.54) is 6.26 Å². The molecule has 0 saturated heterocycles. The van der Waals surface area contributed by atoms with Gasteiger partial charge in [0.2, 0.25) is 0 Å². The van der Waals surface area contributed by atoms with Crippen LogP contribution in [-0.2, 0) is 6.61 Å². The number of ether oxygens (including phenoxy) is 2. The lowest BCUT2D eigenvalue weighted by Gasteiger charge is -2.11. The summed E-state index contributed by atoms with van der Waals surface area (Å²) in [5.41, 5.74) is 2.39. The molecule has 2 aromatic rings. The highest BCUT2D eigenvalue weighted by molar-refractivity contribution is 5.93. The van der Waals surface area contributed by atoms with Gasteiger partial charge in [0.15, 0.2) is 11.5 Å². The summed E-state index contributed by atoms with van der Waals surface area (Å²) in [7, 11) is 0. The van der Waals surface area contributed by atoms with Crippen LogP contribution < -0.4 is 20.7 Å². The van der Waals surface area contributed by atoms with E-state index in [9.17, 15) is 4.79 Å². The van der Waals surface area contributed by atoms with Gasteiger partial charge in [0.05, 0.1) is 12.2 Å². The lowest BCUT2D eigenvalue weighted by Crippen LogP contribution is -2.29. The van der Waals surface area contributed by atoms with Gasteiger partial charge in [0.25, 0.3) is 5.91 Å². The van der Waals surface area contributed by atoms with E-state index in [1.807, 2.05) is 36.6 Å². The SMILES string of the molecule is CCCOc1ccccc1OCc1cc(C(=O)NN)co1. The van der Waals surface area contributed by atoms with Crippen LogP contribution in [0.3, 0.4) is 0 Å². The molecular weight excluding hydrogens is 272 g/mol. The van der Waals surface area contributed by atoms with Gasteiger partial charge >= 0.3 is 0 Å². The smallest absolute Gasteiger partial charge is 0.268 e. The summed E-state index contributed by atoms with van der Waals surface area (Å²) in [6.45, 7) is 2.86. The Morgan fingerprint density at radius 1 is 1.29 bits per heavy atom. The third-order valence-corrected chi connectivity index (χ3v) is 2.73. The maximum atomic E-state index is 11.3. The number of hydrogen-bond acceptors (Lipinski definition) is 5. The lowest BCUT2D eigenvalue weighted by molar-refractivity contribution is 0.0953. The molecule has 0 aliphatic rings. The monoisotopic (exact) mass is 290 g/mol. The van der Waals surface area contributed by atoms with Crippen molar-refractivity contribution in [2.24, 2.45) is 5.84 Å². The Morgan fingerprint density at radius 2 is 2.00 bits per heavy atom. The molecular formula is C15H18N2O4. The molecule has 0 saturated carbocycles. The van der Waals surface area contributed by atoms with Gasteiger partial charge in [-0.05, 0) is 24.6 Å². The number of furan rings is 1. The highest BCUT2D eigenvalue weighted by atomic mass is 16.5. The van der Waals surface area contributed by atoms with Crippen molar-refractivity contribution in [2.75, 3.05) is 6.61 Å². The fraction of sp³-hybridized carbons (Fsp3) is 0.267. The zero-order chi connectivity index (χ0) is 15.1. The van der Waals surface area contributed by atoms with Gasteiger partial charge in [-0.2, -0.15) is 0 Å². The first-order valence-electron chi connectivity index (χ1n) is 6.67. The number of nitrogens with one attached hydrogen (secondary N) is 1. The summed E-state index contributed by atoms with van der Waals surface area (Å²) in [4.78, 5) is 11.3. The number of rotatable bonds is 7. The maximum Gasteiger partial charge on any atom is 0.268 e. The van der Waals surface area contributed by atoms with Crippen molar-refractivity contribution in [3.63, 3.8) is 0 Å². The van der Waals surface area contributed by atoms with Gasteiger partial charge in [0.1, 0.15) is 18.6 Å². The molecule has 0 fully saturated rings. The van der Waals surface area contributed by atoms with Crippen molar-refractivity contribution in [3.05, 3.63) is 47.9 Å². The second kappa shape index (κ2) is 7.35. The minimum Gasteiger partial charge on any atom is -0.490 e. The molecule has 1 aromatic carbocycles. The van der Waals surface area contributed by atoms with Crippen LogP contribution in [0.4, 0.5) is 0 Å². The minimum atomic E-state index is -0.406. The minimum absolute atomic E-state index is 0.199. The molecule has 0 atom stereocenters. The van der Waals surface area contributed by atoms with Crippen LogP contribution in [0, 0.1) is 0 Å². The third-order valence-electron chi connectivity index (χ3n) is 2.73. The van der Waals surface area contributed by atoms with E-state index >= 15 is 0 Å². The van der Waals surface area contributed by atoms with Crippen molar-refractivity contribution in [3.8, 4) is 11.5 Å². The Kier molecular flexibility index (Phi) is 5.22. The molecule has 0 aliphatic heterocycles. The van der Waals surface area contributed by atoms with Crippen LogP contribution in [0.2, 0.25) is 0 Å². The first-order valence-corrected chi connectivity index (χ1v) is 6.67. The van der Waals surface area contributed by atoms with E-state index in [1.54, 1.807) is 6.07 Å². The standard InChI is InChI=1S/C15H18N2O4/c1-2-7-19-13-5-3-4-6-14(13)21-10-12-8-11(9-20-12)15(18)17-16/h3-6,8-9H,2,7,10,16H2,1H3,(H,17,18). The number of carbonyl (C=O) groups excluding carboxylic acids is 1. The van der Waals surface area contributed by atoms with Gasteiger partial charge in [-0.25, -0.2) is 5.84 Å². The predicted molar refractivity (Wildman–Crippen MR) is 76.9 cm³/mol. The molecule has 0 bridgehead atoms. The predicted octanol–water partition coefficient (Wildman–Crippen LogP) is 2.25. The maximum absolute atomic E-state index is 11.3. The van der Waals surface area contributed by atoms with Crippen LogP contribution in [0.1, 0.15) is 29.5 Å². The zero-order valence-electron chi connectivity index (χ0n) is 11.8. The molecule has 112 valence electrons. The number of nitrogen functional groups attached to an aromatic ring is 1. The zero-order valence-corrected chi connectivity index (χ0v) is 11.8. The molecule has 21 heavy (non-hydrogen) atoms. The molecule has 0 unspecified atom stereocenters. The van der Waals surface area contributed by atoms with Crippen LogP contribution >= 0.6 is 0 Å². The Hall–Kier alpha value is -2.47.